The number of hydrogen-bond donors (Lipinski definition) is 7. The number of halogens is 2. The summed E-state index contributed by atoms with van der Waals surface area (Å²) in [6, 6.07) is 20.7. The van der Waals surface area contributed by atoms with Crippen molar-refractivity contribution in [2.45, 2.75) is 27.8 Å². The fraction of sp³-hybridized carbons (Fsp3) is 0.273. The highest BCUT2D eigenvalue weighted by atomic mass is 79.9. The van der Waals surface area contributed by atoms with Gasteiger partial charge in [-0.25, -0.2) is 0 Å². The van der Waals surface area contributed by atoms with Crippen LogP contribution in [-0.2, 0) is 0 Å². The summed E-state index contributed by atoms with van der Waals surface area (Å²) in [4.78, 5) is 0. The van der Waals surface area contributed by atoms with E-state index < -0.39 is 34.4 Å². The van der Waals surface area contributed by atoms with Crippen molar-refractivity contribution in [2.75, 3.05) is 6.61 Å². The van der Waals surface area contributed by atoms with Crippen LogP contribution in [0.25, 0.3) is 10.8 Å². The highest BCUT2D eigenvalue weighted by Gasteiger charge is 2.40. The first-order chi connectivity index (χ1) is 15.6. The number of phenolic OH excluding ortho intramolecular Hbond substituents is 1. The Balaban J connectivity index is 0.000000248. The Kier molecular flexibility index (Phi) is 10.3. The number of hydrogen-bond acceptors (Lipinski definition) is 9. The smallest absolute Gasteiger partial charge is 0.203 e. The molecule has 0 aromatic heterocycles. The van der Waals surface area contributed by atoms with Gasteiger partial charge in [0.05, 0.1) is 12.3 Å². The Morgan fingerprint density at radius 3 is 2.00 bits per heavy atom. The van der Waals surface area contributed by atoms with Gasteiger partial charge in [0.1, 0.15) is 35.9 Å². The zero-order valence-corrected chi connectivity index (χ0v) is 20.3. The number of aliphatic hydroxyl groups is 6. The molecule has 3 aromatic carbocycles. The Morgan fingerprint density at radius 1 is 0.788 bits per heavy atom. The molecule has 0 radical (unpaired) electrons. The topological polar surface area (TPSA) is 166 Å². The molecule has 178 valence electrons. The number of aliphatic hydroxyl groups excluding tert-OH is 5. The van der Waals surface area contributed by atoms with Gasteiger partial charge in [0, 0.05) is 5.39 Å². The summed E-state index contributed by atoms with van der Waals surface area (Å²) < 4.78 is -1.98. The molecule has 4 unspecified atom stereocenters. The second-order valence-electron chi connectivity index (χ2n) is 6.95. The largest absolute Gasteiger partial charge is 0.506 e. The van der Waals surface area contributed by atoms with Gasteiger partial charge < -0.3 is 35.7 Å². The minimum Gasteiger partial charge on any atom is -0.506 e. The van der Waals surface area contributed by atoms with Gasteiger partial charge in [0.2, 0.25) is 3.42 Å². The molecular formula is C22H24Br2N2O7. The average Bonchev–Trinajstić information content (AvgIpc) is 2.82. The second kappa shape index (κ2) is 12.5. The van der Waals surface area contributed by atoms with Gasteiger partial charge in [-0.2, -0.15) is 5.11 Å². The monoisotopic (exact) mass is 586 g/mol. The average molecular weight is 588 g/mol. The van der Waals surface area contributed by atoms with Gasteiger partial charge in [-0.3, -0.25) is 0 Å². The molecule has 0 bridgehead atoms. The first-order valence-corrected chi connectivity index (χ1v) is 11.3. The van der Waals surface area contributed by atoms with E-state index in [1.165, 1.54) is 0 Å². The molecule has 9 nitrogen and oxygen atoms in total. The van der Waals surface area contributed by atoms with Crippen molar-refractivity contribution in [3.8, 4) is 5.75 Å². The number of aromatic hydroxyl groups is 1. The number of nitrogens with zero attached hydrogens (tertiary/aromatic N) is 2. The van der Waals surface area contributed by atoms with Gasteiger partial charge in [-0.15, -0.1) is 5.11 Å². The Morgan fingerprint density at radius 2 is 1.39 bits per heavy atom. The first kappa shape index (κ1) is 27.3. The Labute approximate surface area is 206 Å². The highest BCUT2D eigenvalue weighted by molar-refractivity contribution is 9.25. The SMILES string of the molecule is OCC(O)C(O)C(O)C(O)C(O)(Br)Br.Oc1ccc2ccccc2c1N=Nc1ccccc1. The maximum atomic E-state index is 9.93. The number of alkyl halides is 2. The zero-order valence-electron chi connectivity index (χ0n) is 17.1. The quantitative estimate of drug-likeness (QED) is 0.165. The molecule has 0 aliphatic rings. The number of azo groups is 1. The van der Waals surface area contributed by atoms with Crippen LogP contribution in [0.4, 0.5) is 11.4 Å². The summed E-state index contributed by atoms with van der Waals surface area (Å²) in [5.41, 5.74) is 1.26. The van der Waals surface area contributed by atoms with Gasteiger partial charge in [0.25, 0.3) is 0 Å². The molecule has 0 spiro atoms. The second-order valence-corrected chi connectivity index (χ2v) is 10.4. The van der Waals surface area contributed by atoms with Gasteiger partial charge >= 0.3 is 0 Å². The van der Waals surface area contributed by atoms with E-state index in [-0.39, 0.29) is 5.75 Å². The molecule has 4 atom stereocenters. The van der Waals surface area contributed by atoms with Crippen LogP contribution < -0.4 is 0 Å². The fourth-order valence-corrected chi connectivity index (χ4v) is 3.22. The third-order valence-electron chi connectivity index (χ3n) is 4.51. The maximum absolute atomic E-state index is 9.93. The number of rotatable bonds is 7. The van der Waals surface area contributed by atoms with Gasteiger partial charge in [-0.05, 0) is 55.4 Å². The predicted molar refractivity (Wildman–Crippen MR) is 130 cm³/mol. The molecule has 0 amide bonds. The van der Waals surface area contributed by atoms with Crippen molar-refractivity contribution in [3.63, 3.8) is 0 Å². The molecule has 0 saturated heterocycles. The molecule has 11 heteroatoms. The zero-order chi connectivity index (χ0) is 24.6. The lowest BCUT2D eigenvalue weighted by atomic mass is 10.0. The molecule has 0 saturated carbocycles. The van der Waals surface area contributed by atoms with Gasteiger partial charge in [0.15, 0.2) is 0 Å². The molecule has 0 heterocycles. The molecule has 0 aliphatic carbocycles. The standard InChI is InChI=1S/C16H12N2O.C6H12Br2O6/c19-15-11-10-12-6-4-5-9-14(12)16(15)18-17-13-7-2-1-3-8-13;7-6(8,14)5(13)4(12)3(11)2(10)1-9/h1-11,19H;2-5,9-14H,1H2. The van der Waals surface area contributed by atoms with Crippen molar-refractivity contribution in [1.29, 1.82) is 0 Å². The summed E-state index contributed by atoms with van der Waals surface area (Å²) in [5.74, 6) is 0.137. The van der Waals surface area contributed by atoms with Crippen molar-refractivity contribution >= 4 is 54.0 Å². The number of benzene rings is 3. The highest BCUT2D eigenvalue weighted by Crippen LogP contribution is 2.35. The fourth-order valence-electron chi connectivity index (χ4n) is 2.68. The summed E-state index contributed by atoms with van der Waals surface area (Å²) in [6.07, 6.45) is -6.96. The van der Waals surface area contributed by atoms with E-state index in [4.69, 9.17) is 20.4 Å². The van der Waals surface area contributed by atoms with E-state index in [1.54, 1.807) is 6.07 Å². The molecule has 0 aliphatic heterocycles. The van der Waals surface area contributed by atoms with Crippen molar-refractivity contribution < 1.29 is 35.7 Å². The molecule has 0 fully saturated rings. The Hall–Kier alpha value is -1.96. The van der Waals surface area contributed by atoms with Crippen LogP contribution >= 0.6 is 31.9 Å². The van der Waals surface area contributed by atoms with E-state index in [1.807, 2.05) is 60.7 Å². The summed E-state index contributed by atoms with van der Waals surface area (Å²) in [7, 11) is 0. The van der Waals surface area contributed by atoms with Crippen LogP contribution in [0.15, 0.2) is 77.0 Å². The molecule has 3 aromatic rings. The predicted octanol–water partition coefficient (Wildman–Crippen LogP) is 2.82. The van der Waals surface area contributed by atoms with Crippen LogP contribution in [0.5, 0.6) is 5.75 Å². The normalized spacial score (nSPS) is 15.5. The summed E-state index contributed by atoms with van der Waals surface area (Å²) in [6.45, 7) is -0.770. The summed E-state index contributed by atoms with van der Waals surface area (Å²) in [5, 5.41) is 74.3. The Bertz CT molecular complexity index is 1050. The lowest BCUT2D eigenvalue weighted by Crippen LogP contribution is -2.51. The van der Waals surface area contributed by atoms with Crippen LogP contribution in [0, 0.1) is 0 Å². The van der Waals surface area contributed by atoms with Crippen molar-refractivity contribution in [3.05, 3.63) is 66.7 Å². The maximum Gasteiger partial charge on any atom is 0.203 e. The van der Waals surface area contributed by atoms with E-state index in [0.717, 1.165) is 16.5 Å². The molecule has 33 heavy (non-hydrogen) atoms. The minimum atomic E-state index is -1.98. The van der Waals surface area contributed by atoms with Crippen molar-refractivity contribution in [2.24, 2.45) is 10.2 Å². The van der Waals surface area contributed by atoms with Crippen LogP contribution in [-0.4, -0.2) is 70.2 Å². The third kappa shape index (κ3) is 7.80. The lowest BCUT2D eigenvalue weighted by Gasteiger charge is -2.30. The van der Waals surface area contributed by atoms with Crippen LogP contribution in [0.3, 0.4) is 0 Å². The van der Waals surface area contributed by atoms with Crippen LogP contribution in [0.1, 0.15) is 0 Å². The van der Waals surface area contributed by atoms with E-state index in [2.05, 4.69) is 42.1 Å². The third-order valence-corrected chi connectivity index (χ3v) is 5.45. The molecule has 7 N–H and O–H groups in total. The lowest BCUT2D eigenvalue weighted by molar-refractivity contribution is -0.130. The minimum absolute atomic E-state index is 0.137. The van der Waals surface area contributed by atoms with Crippen LogP contribution in [0.2, 0.25) is 0 Å². The number of phenols is 1. The van der Waals surface area contributed by atoms with E-state index in [0.29, 0.717) is 5.69 Å². The molecule has 3 rings (SSSR count). The van der Waals surface area contributed by atoms with Gasteiger partial charge in [-0.1, -0.05) is 48.5 Å². The first-order valence-electron chi connectivity index (χ1n) is 9.67. The van der Waals surface area contributed by atoms with Crippen molar-refractivity contribution in [1.82, 2.24) is 0 Å². The number of fused-ring (bicyclic) bond motifs is 1. The van der Waals surface area contributed by atoms with E-state index in [9.17, 15) is 15.3 Å². The summed E-state index contributed by atoms with van der Waals surface area (Å²) >= 11 is 5.18. The molecular weight excluding hydrogens is 564 g/mol. The van der Waals surface area contributed by atoms with E-state index >= 15 is 0 Å².